The average Bonchev–Trinajstić information content (AvgIpc) is 2.25. The van der Waals surface area contributed by atoms with Gasteiger partial charge in [-0.1, -0.05) is 30.3 Å². The van der Waals surface area contributed by atoms with E-state index in [0.29, 0.717) is 6.54 Å². The van der Waals surface area contributed by atoms with Gasteiger partial charge >= 0.3 is 5.97 Å². The summed E-state index contributed by atoms with van der Waals surface area (Å²) in [6, 6.07) is 9.55. The van der Waals surface area contributed by atoms with Gasteiger partial charge in [0.1, 0.15) is 6.61 Å². The topological polar surface area (TPSA) is 49.8 Å². The lowest BCUT2D eigenvalue weighted by atomic mass is 10.1. The minimum absolute atomic E-state index is 0.177. The molecule has 0 atom stereocenters. The molecule has 100 valence electrons. The fourth-order valence-corrected chi connectivity index (χ4v) is 1.72. The Morgan fingerprint density at radius 2 is 1.94 bits per heavy atom. The second kappa shape index (κ2) is 6.52. The molecule has 0 saturated heterocycles. The van der Waals surface area contributed by atoms with Crippen molar-refractivity contribution >= 4 is 5.97 Å². The second-order valence-corrected chi connectivity index (χ2v) is 5.13. The molecule has 0 spiro atoms. The number of rotatable bonds is 6. The number of hydrogen-bond donors (Lipinski definition) is 1. The van der Waals surface area contributed by atoms with Crippen LogP contribution in [0, 0.1) is 0 Å². The van der Waals surface area contributed by atoms with Crippen LogP contribution in [0.4, 0.5) is 0 Å². The average molecular weight is 251 g/mol. The van der Waals surface area contributed by atoms with Gasteiger partial charge in [-0.2, -0.15) is 0 Å². The summed E-state index contributed by atoms with van der Waals surface area (Å²) in [7, 11) is 1.78. The van der Waals surface area contributed by atoms with Crippen LogP contribution >= 0.6 is 0 Å². The molecule has 4 heteroatoms. The van der Waals surface area contributed by atoms with E-state index in [0.717, 1.165) is 5.56 Å². The smallest absolute Gasteiger partial charge is 0.320 e. The van der Waals surface area contributed by atoms with Crippen LogP contribution in [-0.4, -0.2) is 41.7 Å². The maximum absolute atomic E-state index is 11.6. The first-order chi connectivity index (χ1) is 8.37. The maximum Gasteiger partial charge on any atom is 0.320 e. The summed E-state index contributed by atoms with van der Waals surface area (Å²) in [5, 5.41) is 9.62. The van der Waals surface area contributed by atoms with Gasteiger partial charge in [-0.25, -0.2) is 0 Å². The van der Waals surface area contributed by atoms with Gasteiger partial charge in [0.15, 0.2) is 0 Å². The Morgan fingerprint density at radius 3 is 2.50 bits per heavy atom. The number of likely N-dealkylation sites (N-methyl/N-ethyl adjacent to an activating group) is 1. The third-order valence-corrected chi connectivity index (χ3v) is 2.30. The molecule has 0 bridgehead atoms. The van der Waals surface area contributed by atoms with Crippen molar-refractivity contribution in [2.45, 2.75) is 26.1 Å². The van der Waals surface area contributed by atoms with Crippen LogP contribution in [0.2, 0.25) is 0 Å². The Labute approximate surface area is 108 Å². The molecule has 0 unspecified atom stereocenters. The molecule has 0 radical (unpaired) electrons. The molecule has 0 saturated carbocycles. The summed E-state index contributed by atoms with van der Waals surface area (Å²) in [6.45, 7) is 4.30. The normalized spacial score (nSPS) is 11.6. The van der Waals surface area contributed by atoms with E-state index in [1.807, 2.05) is 30.3 Å². The predicted octanol–water partition coefficient (Wildman–Crippen LogP) is 1.43. The van der Waals surface area contributed by atoms with E-state index in [-0.39, 0.29) is 19.1 Å². The van der Waals surface area contributed by atoms with Crippen molar-refractivity contribution in [3.8, 4) is 0 Å². The lowest BCUT2D eigenvalue weighted by molar-refractivity contribution is -0.146. The fourth-order valence-electron chi connectivity index (χ4n) is 1.72. The van der Waals surface area contributed by atoms with Crippen LogP contribution in [0.3, 0.4) is 0 Å². The molecule has 0 aromatic heterocycles. The van der Waals surface area contributed by atoms with E-state index in [1.54, 1.807) is 25.8 Å². The first kappa shape index (κ1) is 14.7. The molecule has 1 rings (SSSR count). The summed E-state index contributed by atoms with van der Waals surface area (Å²) in [4.78, 5) is 13.3. The van der Waals surface area contributed by atoms with E-state index in [9.17, 15) is 9.90 Å². The van der Waals surface area contributed by atoms with E-state index in [2.05, 4.69) is 0 Å². The first-order valence-corrected chi connectivity index (χ1v) is 5.97. The quantitative estimate of drug-likeness (QED) is 0.777. The Hall–Kier alpha value is -1.39. The molecule has 1 aromatic carbocycles. The third kappa shape index (κ3) is 6.37. The number of ether oxygens (including phenoxy) is 1. The van der Waals surface area contributed by atoms with Gasteiger partial charge in [0.2, 0.25) is 0 Å². The van der Waals surface area contributed by atoms with Crippen molar-refractivity contribution in [3.63, 3.8) is 0 Å². The van der Waals surface area contributed by atoms with Crippen LogP contribution in [0.25, 0.3) is 0 Å². The van der Waals surface area contributed by atoms with E-state index in [4.69, 9.17) is 4.74 Å². The first-order valence-electron chi connectivity index (χ1n) is 5.97. The standard InChI is InChI=1S/C14H21NO3/c1-14(2,17)11-15(3)9-13(16)18-10-12-7-5-4-6-8-12/h4-8,17H,9-11H2,1-3H3. The second-order valence-electron chi connectivity index (χ2n) is 5.13. The summed E-state index contributed by atoms with van der Waals surface area (Å²) in [5.41, 5.74) is 0.157. The molecule has 0 aliphatic rings. The Balaban J connectivity index is 2.30. The van der Waals surface area contributed by atoms with Crippen LogP contribution in [0.1, 0.15) is 19.4 Å². The zero-order valence-corrected chi connectivity index (χ0v) is 11.2. The zero-order chi connectivity index (χ0) is 13.6. The number of carbonyl (C=O) groups excluding carboxylic acids is 1. The lowest BCUT2D eigenvalue weighted by Crippen LogP contribution is -2.39. The minimum Gasteiger partial charge on any atom is -0.460 e. The highest BCUT2D eigenvalue weighted by Gasteiger charge is 2.17. The Morgan fingerprint density at radius 1 is 1.33 bits per heavy atom. The zero-order valence-electron chi connectivity index (χ0n) is 11.2. The molecule has 1 aromatic rings. The molecular formula is C14H21NO3. The van der Waals surface area contributed by atoms with Gasteiger partial charge in [0.25, 0.3) is 0 Å². The highest BCUT2D eigenvalue weighted by molar-refractivity contribution is 5.71. The largest absolute Gasteiger partial charge is 0.460 e. The molecular weight excluding hydrogens is 230 g/mol. The van der Waals surface area contributed by atoms with Crippen molar-refractivity contribution in [3.05, 3.63) is 35.9 Å². The van der Waals surface area contributed by atoms with E-state index >= 15 is 0 Å². The molecule has 18 heavy (non-hydrogen) atoms. The van der Waals surface area contributed by atoms with Crippen molar-refractivity contribution < 1.29 is 14.6 Å². The fraction of sp³-hybridized carbons (Fsp3) is 0.500. The minimum atomic E-state index is -0.811. The number of benzene rings is 1. The highest BCUT2D eigenvalue weighted by Crippen LogP contribution is 2.04. The summed E-state index contributed by atoms with van der Waals surface area (Å²) in [5.74, 6) is -0.286. The van der Waals surface area contributed by atoms with Crippen LogP contribution < -0.4 is 0 Å². The number of hydrogen-bond acceptors (Lipinski definition) is 4. The summed E-state index contributed by atoms with van der Waals surface area (Å²) < 4.78 is 5.15. The van der Waals surface area contributed by atoms with Gasteiger partial charge in [-0.3, -0.25) is 9.69 Å². The predicted molar refractivity (Wildman–Crippen MR) is 70.0 cm³/mol. The van der Waals surface area contributed by atoms with Crippen LogP contribution in [0.15, 0.2) is 30.3 Å². The maximum atomic E-state index is 11.6. The summed E-state index contributed by atoms with van der Waals surface area (Å²) in [6.07, 6.45) is 0. The molecule has 4 nitrogen and oxygen atoms in total. The third-order valence-electron chi connectivity index (χ3n) is 2.30. The van der Waals surface area contributed by atoms with Crippen molar-refractivity contribution in [1.29, 1.82) is 0 Å². The molecule has 0 amide bonds. The van der Waals surface area contributed by atoms with E-state index in [1.165, 1.54) is 0 Å². The number of carbonyl (C=O) groups is 1. The number of aliphatic hydroxyl groups is 1. The van der Waals surface area contributed by atoms with Crippen molar-refractivity contribution in [2.24, 2.45) is 0 Å². The van der Waals surface area contributed by atoms with Gasteiger partial charge < -0.3 is 9.84 Å². The lowest BCUT2D eigenvalue weighted by Gasteiger charge is -2.24. The van der Waals surface area contributed by atoms with Crippen LogP contribution in [-0.2, 0) is 16.1 Å². The monoisotopic (exact) mass is 251 g/mol. The van der Waals surface area contributed by atoms with Crippen molar-refractivity contribution in [1.82, 2.24) is 4.90 Å². The highest BCUT2D eigenvalue weighted by atomic mass is 16.5. The molecule has 0 heterocycles. The molecule has 0 fully saturated rings. The molecule has 0 aliphatic carbocycles. The van der Waals surface area contributed by atoms with Gasteiger partial charge in [-0.05, 0) is 26.5 Å². The summed E-state index contributed by atoms with van der Waals surface area (Å²) >= 11 is 0. The molecule has 0 aliphatic heterocycles. The van der Waals surface area contributed by atoms with Crippen molar-refractivity contribution in [2.75, 3.05) is 20.1 Å². The number of esters is 1. The van der Waals surface area contributed by atoms with Gasteiger partial charge in [0, 0.05) is 6.54 Å². The number of nitrogens with zero attached hydrogens (tertiary/aromatic N) is 1. The Kier molecular flexibility index (Phi) is 5.31. The SMILES string of the molecule is CN(CC(=O)OCc1ccccc1)CC(C)(C)O. The van der Waals surface area contributed by atoms with Gasteiger partial charge in [-0.15, -0.1) is 0 Å². The van der Waals surface area contributed by atoms with Gasteiger partial charge in [0.05, 0.1) is 12.1 Å². The van der Waals surface area contributed by atoms with E-state index < -0.39 is 5.60 Å². The van der Waals surface area contributed by atoms with Crippen LogP contribution in [0.5, 0.6) is 0 Å². The molecule has 1 N–H and O–H groups in total. The Bertz CT molecular complexity index is 370.